The highest BCUT2D eigenvalue weighted by atomic mass is 16.6. The van der Waals surface area contributed by atoms with Crippen LogP contribution in [0.25, 0.3) is 0 Å². The van der Waals surface area contributed by atoms with Crippen LogP contribution in [0, 0.1) is 10.1 Å². The Labute approximate surface area is 156 Å². The quantitative estimate of drug-likeness (QED) is 0.597. The number of carbonyl (C=O) groups excluding carboxylic acids is 1. The number of hydrogen-bond acceptors (Lipinski definition) is 5. The minimum Gasteiger partial charge on any atom is -0.491 e. The van der Waals surface area contributed by atoms with Crippen molar-refractivity contribution in [2.45, 2.75) is 25.4 Å². The molecule has 4 rings (SSSR count). The van der Waals surface area contributed by atoms with Crippen LogP contribution in [0.4, 0.5) is 11.4 Å². The number of nitrogens with zero attached hydrogens (tertiary/aromatic N) is 2. The first-order valence-electron chi connectivity index (χ1n) is 9.05. The molecule has 1 unspecified atom stereocenters. The number of benzene rings is 2. The Morgan fingerprint density at radius 2 is 2.07 bits per heavy atom. The van der Waals surface area contributed by atoms with Crippen LogP contribution in [-0.4, -0.2) is 36.7 Å². The molecule has 0 saturated carbocycles. The molecule has 0 bridgehead atoms. The van der Waals surface area contributed by atoms with Crippen molar-refractivity contribution in [3.63, 3.8) is 0 Å². The topological polar surface area (TPSA) is 81.9 Å². The van der Waals surface area contributed by atoms with Gasteiger partial charge in [-0.3, -0.25) is 14.9 Å². The second-order valence-corrected chi connectivity index (χ2v) is 6.75. The molecule has 2 aromatic carbocycles. The summed E-state index contributed by atoms with van der Waals surface area (Å²) in [5, 5.41) is 11.0. The molecule has 1 amide bonds. The Morgan fingerprint density at radius 3 is 2.78 bits per heavy atom. The third kappa shape index (κ3) is 3.64. The number of nitro groups is 1. The number of hydrogen-bond donors (Lipinski definition) is 0. The van der Waals surface area contributed by atoms with Gasteiger partial charge >= 0.3 is 0 Å². The van der Waals surface area contributed by atoms with E-state index < -0.39 is 4.92 Å². The maximum atomic E-state index is 12.9. The van der Waals surface area contributed by atoms with Gasteiger partial charge in [-0.15, -0.1) is 0 Å². The maximum absolute atomic E-state index is 12.9. The van der Waals surface area contributed by atoms with Gasteiger partial charge in [-0.1, -0.05) is 6.07 Å². The lowest BCUT2D eigenvalue weighted by Crippen LogP contribution is -2.28. The van der Waals surface area contributed by atoms with Gasteiger partial charge in [0, 0.05) is 30.8 Å². The molecular weight excluding hydrogens is 348 g/mol. The highest BCUT2D eigenvalue weighted by molar-refractivity contribution is 6.07. The monoisotopic (exact) mass is 368 g/mol. The smallest absolute Gasteiger partial charge is 0.271 e. The molecule has 1 atom stereocenters. The molecule has 0 N–H and O–H groups in total. The Kier molecular flexibility index (Phi) is 4.77. The van der Waals surface area contributed by atoms with Gasteiger partial charge in [-0.25, -0.2) is 0 Å². The molecule has 1 fully saturated rings. The van der Waals surface area contributed by atoms with E-state index in [4.69, 9.17) is 9.47 Å². The second-order valence-electron chi connectivity index (χ2n) is 6.75. The average Bonchev–Trinajstić information content (AvgIpc) is 3.35. The van der Waals surface area contributed by atoms with Gasteiger partial charge in [0.2, 0.25) is 0 Å². The normalized spacial score (nSPS) is 18.4. The van der Waals surface area contributed by atoms with Crippen LogP contribution in [0.3, 0.4) is 0 Å². The third-order valence-electron chi connectivity index (χ3n) is 4.98. The fourth-order valence-corrected chi connectivity index (χ4v) is 3.51. The molecule has 27 heavy (non-hydrogen) atoms. The predicted molar refractivity (Wildman–Crippen MR) is 99.4 cm³/mol. The van der Waals surface area contributed by atoms with Crippen LogP contribution >= 0.6 is 0 Å². The molecule has 0 aliphatic carbocycles. The molecule has 1 saturated heterocycles. The van der Waals surface area contributed by atoms with Crippen LogP contribution in [-0.2, 0) is 11.2 Å². The summed E-state index contributed by atoms with van der Waals surface area (Å²) in [4.78, 5) is 25.0. The van der Waals surface area contributed by atoms with Crippen molar-refractivity contribution in [1.82, 2.24) is 0 Å². The number of anilines is 1. The Morgan fingerprint density at radius 1 is 1.26 bits per heavy atom. The molecule has 0 spiro atoms. The van der Waals surface area contributed by atoms with E-state index in [1.54, 1.807) is 35.2 Å². The third-order valence-corrected chi connectivity index (χ3v) is 4.98. The van der Waals surface area contributed by atoms with Crippen molar-refractivity contribution in [3.05, 3.63) is 63.7 Å². The summed E-state index contributed by atoms with van der Waals surface area (Å²) in [5.41, 5.74) is 2.09. The lowest BCUT2D eigenvalue weighted by Gasteiger charge is -2.17. The van der Waals surface area contributed by atoms with Gasteiger partial charge in [0.1, 0.15) is 12.4 Å². The summed E-state index contributed by atoms with van der Waals surface area (Å²) in [7, 11) is 0. The van der Waals surface area contributed by atoms with Gasteiger partial charge in [0.05, 0.1) is 16.7 Å². The van der Waals surface area contributed by atoms with Gasteiger partial charge in [-0.2, -0.15) is 0 Å². The van der Waals surface area contributed by atoms with Crippen LogP contribution in [0.5, 0.6) is 5.75 Å². The van der Waals surface area contributed by atoms with E-state index in [0.29, 0.717) is 36.6 Å². The van der Waals surface area contributed by atoms with Crippen LogP contribution in [0.1, 0.15) is 28.8 Å². The number of amides is 1. The molecule has 2 heterocycles. The van der Waals surface area contributed by atoms with E-state index in [9.17, 15) is 14.9 Å². The first-order valence-corrected chi connectivity index (χ1v) is 9.05. The number of ether oxygens (including phenoxy) is 2. The molecular formula is C20H20N2O5. The lowest BCUT2D eigenvalue weighted by molar-refractivity contribution is -0.384. The number of non-ortho nitro benzene ring substituents is 1. The lowest BCUT2D eigenvalue weighted by atomic mass is 10.1. The minimum absolute atomic E-state index is 0.00803. The summed E-state index contributed by atoms with van der Waals surface area (Å²) >= 11 is 0. The molecule has 7 heteroatoms. The molecule has 2 aromatic rings. The first kappa shape index (κ1) is 17.5. The number of carbonyl (C=O) groups is 1. The molecule has 7 nitrogen and oxygen atoms in total. The number of rotatable bonds is 5. The predicted octanol–water partition coefficient (Wildman–Crippen LogP) is 3.36. The Hall–Kier alpha value is -2.93. The van der Waals surface area contributed by atoms with Crippen molar-refractivity contribution in [3.8, 4) is 5.75 Å². The largest absolute Gasteiger partial charge is 0.491 e. The summed E-state index contributed by atoms with van der Waals surface area (Å²) in [6.07, 6.45) is 2.92. The van der Waals surface area contributed by atoms with E-state index in [2.05, 4.69) is 0 Å². The van der Waals surface area contributed by atoms with Crippen molar-refractivity contribution in [1.29, 1.82) is 0 Å². The van der Waals surface area contributed by atoms with E-state index in [0.717, 1.165) is 25.0 Å². The van der Waals surface area contributed by atoms with Crippen molar-refractivity contribution in [2.75, 3.05) is 24.7 Å². The van der Waals surface area contributed by atoms with Gasteiger partial charge < -0.3 is 14.4 Å². The maximum Gasteiger partial charge on any atom is 0.271 e. The Balaban J connectivity index is 1.46. The summed E-state index contributed by atoms with van der Waals surface area (Å²) < 4.78 is 11.3. The summed E-state index contributed by atoms with van der Waals surface area (Å²) in [5.74, 6) is 0.527. The molecule has 2 aliphatic rings. The summed E-state index contributed by atoms with van der Waals surface area (Å²) in [6.45, 7) is 1.82. The van der Waals surface area contributed by atoms with Crippen molar-refractivity contribution >= 4 is 17.3 Å². The SMILES string of the molecule is O=C(c1ccc(OCC2CCCO2)cc1)N1CCc2ccc([N+](=O)[O-])cc21. The number of nitro benzene ring substituents is 1. The van der Waals surface area contributed by atoms with Gasteiger partial charge in [-0.05, 0) is 49.1 Å². The highest BCUT2D eigenvalue weighted by Gasteiger charge is 2.27. The second kappa shape index (κ2) is 7.36. The fraction of sp³-hybridized carbons (Fsp3) is 0.350. The highest BCUT2D eigenvalue weighted by Crippen LogP contribution is 2.33. The zero-order valence-corrected chi connectivity index (χ0v) is 14.8. The van der Waals surface area contributed by atoms with Crippen molar-refractivity contribution in [2.24, 2.45) is 0 Å². The average molecular weight is 368 g/mol. The molecule has 2 aliphatic heterocycles. The molecule has 0 aromatic heterocycles. The van der Waals surface area contributed by atoms with Gasteiger partial charge in [0.25, 0.3) is 11.6 Å². The minimum atomic E-state index is -0.443. The van der Waals surface area contributed by atoms with Crippen LogP contribution < -0.4 is 9.64 Å². The first-order chi connectivity index (χ1) is 13.1. The van der Waals surface area contributed by atoms with E-state index >= 15 is 0 Å². The molecule has 140 valence electrons. The van der Waals surface area contributed by atoms with E-state index in [1.165, 1.54) is 12.1 Å². The van der Waals surface area contributed by atoms with E-state index in [-0.39, 0.29) is 17.7 Å². The Bertz CT molecular complexity index is 859. The van der Waals surface area contributed by atoms with Crippen LogP contribution in [0.15, 0.2) is 42.5 Å². The number of fused-ring (bicyclic) bond motifs is 1. The zero-order chi connectivity index (χ0) is 18.8. The summed E-state index contributed by atoms with van der Waals surface area (Å²) in [6, 6.07) is 11.7. The fourth-order valence-electron chi connectivity index (χ4n) is 3.51. The van der Waals surface area contributed by atoms with E-state index in [1.807, 2.05) is 0 Å². The van der Waals surface area contributed by atoms with Crippen LogP contribution in [0.2, 0.25) is 0 Å². The zero-order valence-electron chi connectivity index (χ0n) is 14.8. The van der Waals surface area contributed by atoms with Crippen molar-refractivity contribution < 1.29 is 19.2 Å². The standard InChI is InChI=1S/C20H20N2O5/c23-20(21-10-9-14-3-6-16(22(24)25)12-19(14)21)15-4-7-17(8-5-15)27-13-18-2-1-11-26-18/h3-8,12,18H,1-2,9-11,13H2. The van der Waals surface area contributed by atoms with Gasteiger partial charge in [0.15, 0.2) is 0 Å². The molecule has 0 radical (unpaired) electrons.